The Morgan fingerprint density at radius 1 is 1.15 bits per heavy atom. The Labute approximate surface area is 112 Å². The van der Waals surface area contributed by atoms with E-state index >= 15 is 0 Å². The summed E-state index contributed by atoms with van der Waals surface area (Å²) in [7, 11) is 0. The van der Waals surface area contributed by atoms with E-state index in [4.69, 9.17) is 0 Å². The first-order chi connectivity index (χ1) is 9.19. The molecular weight excluding hydrogens is 285 g/mol. The number of anilines is 1. The molecular formula is C11H14F5N3O. The van der Waals surface area contributed by atoms with E-state index in [1.807, 2.05) is 0 Å². The van der Waals surface area contributed by atoms with Crippen LogP contribution in [0.4, 0.5) is 27.8 Å². The summed E-state index contributed by atoms with van der Waals surface area (Å²) in [6, 6.07) is 1.18. The van der Waals surface area contributed by atoms with Crippen LogP contribution in [-0.2, 0) is 6.42 Å². The number of nitrogens with zero attached hydrogens (tertiary/aromatic N) is 2. The average molecular weight is 299 g/mol. The first kappa shape index (κ1) is 16.4. The number of nitrogens with one attached hydrogen (secondary N) is 1. The van der Waals surface area contributed by atoms with Gasteiger partial charge in [-0.1, -0.05) is 6.92 Å². The Kier molecular flexibility index (Phi) is 5.07. The zero-order valence-electron chi connectivity index (χ0n) is 10.9. The van der Waals surface area contributed by atoms with Gasteiger partial charge in [0.15, 0.2) is 6.61 Å². The number of ether oxygens (including phenoxy) is 1. The van der Waals surface area contributed by atoms with Gasteiger partial charge in [0, 0.05) is 19.0 Å². The van der Waals surface area contributed by atoms with Crippen LogP contribution in [0.25, 0.3) is 0 Å². The second-order valence-corrected chi connectivity index (χ2v) is 3.88. The third-order valence-corrected chi connectivity index (χ3v) is 2.24. The third-order valence-electron chi connectivity index (χ3n) is 2.24. The standard InChI is InChI=1S/C11H14F5N3O/c1-3-7-18-8(17-4-2)5-9(19-7)20-6-10(12,13)11(14,15)16/h5H,3-4,6H2,1-2H3,(H,17,18,19). The van der Waals surface area contributed by atoms with Gasteiger partial charge in [-0.05, 0) is 6.92 Å². The second kappa shape index (κ2) is 6.19. The molecule has 0 aromatic carbocycles. The second-order valence-electron chi connectivity index (χ2n) is 3.88. The van der Waals surface area contributed by atoms with Crippen LogP contribution in [0, 0.1) is 0 Å². The molecule has 0 aliphatic rings. The molecule has 20 heavy (non-hydrogen) atoms. The molecule has 1 aromatic rings. The van der Waals surface area contributed by atoms with E-state index in [2.05, 4.69) is 20.0 Å². The number of hydrogen-bond donors (Lipinski definition) is 1. The smallest absolute Gasteiger partial charge is 0.456 e. The highest BCUT2D eigenvalue weighted by Gasteiger charge is 2.58. The van der Waals surface area contributed by atoms with Gasteiger partial charge in [-0.25, -0.2) is 4.98 Å². The Morgan fingerprint density at radius 2 is 1.80 bits per heavy atom. The maximum Gasteiger partial charge on any atom is 0.456 e. The molecule has 9 heteroatoms. The van der Waals surface area contributed by atoms with Crippen molar-refractivity contribution in [2.24, 2.45) is 0 Å². The minimum absolute atomic E-state index is 0.286. The predicted octanol–water partition coefficient (Wildman–Crippen LogP) is 3.05. The monoisotopic (exact) mass is 299 g/mol. The Balaban J connectivity index is 2.84. The Bertz CT molecular complexity index is 450. The van der Waals surface area contributed by atoms with Crippen molar-refractivity contribution in [1.29, 1.82) is 0 Å². The lowest BCUT2D eigenvalue weighted by Gasteiger charge is -2.19. The van der Waals surface area contributed by atoms with Gasteiger partial charge >= 0.3 is 12.1 Å². The molecule has 0 unspecified atom stereocenters. The third kappa shape index (κ3) is 4.17. The molecule has 0 radical (unpaired) electrons. The van der Waals surface area contributed by atoms with Crippen LogP contribution in [0.15, 0.2) is 6.07 Å². The van der Waals surface area contributed by atoms with Crippen LogP contribution in [0.1, 0.15) is 19.7 Å². The topological polar surface area (TPSA) is 47.0 Å². The van der Waals surface area contributed by atoms with E-state index in [0.29, 0.717) is 18.8 Å². The normalized spacial score (nSPS) is 12.3. The summed E-state index contributed by atoms with van der Waals surface area (Å²) in [6.45, 7) is 2.20. The highest BCUT2D eigenvalue weighted by molar-refractivity contribution is 5.38. The van der Waals surface area contributed by atoms with Crippen molar-refractivity contribution in [3.05, 3.63) is 11.9 Å². The van der Waals surface area contributed by atoms with Crippen LogP contribution >= 0.6 is 0 Å². The van der Waals surface area contributed by atoms with E-state index in [0.717, 1.165) is 0 Å². The fraction of sp³-hybridized carbons (Fsp3) is 0.636. The molecule has 1 aromatic heterocycles. The van der Waals surface area contributed by atoms with Crippen LogP contribution < -0.4 is 10.1 Å². The lowest BCUT2D eigenvalue weighted by molar-refractivity contribution is -0.290. The summed E-state index contributed by atoms with van der Waals surface area (Å²) in [4.78, 5) is 7.77. The summed E-state index contributed by atoms with van der Waals surface area (Å²) in [5.74, 6) is -4.65. The number of aromatic nitrogens is 2. The predicted molar refractivity (Wildman–Crippen MR) is 62.1 cm³/mol. The maximum absolute atomic E-state index is 12.7. The van der Waals surface area contributed by atoms with Crippen molar-refractivity contribution in [1.82, 2.24) is 9.97 Å². The molecule has 1 rings (SSSR count). The molecule has 0 aliphatic carbocycles. The van der Waals surface area contributed by atoms with Crippen molar-refractivity contribution in [3.8, 4) is 5.88 Å². The number of rotatable bonds is 6. The number of halogens is 5. The lowest BCUT2D eigenvalue weighted by Crippen LogP contribution is -2.41. The van der Waals surface area contributed by atoms with E-state index in [-0.39, 0.29) is 11.7 Å². The molecule has 4 nitrogen and oxygen atoms in total. The van der Waals surface area contributed by atoms with Gasteiger partial charge in [0.2, 0.25) is 5.88 Å². The molecule has 0 aliphatic heterocycles. The fourth-order valence-corrected chi connectivity index (χ4v) is 1.22. The SMILES string of the molecule is CCNc1cc(OCC(F)(F)C(F)(F)F)nc(CC)n1. The lowest BCUT2D eigenvalue weighted by atomic mass is 10.3. The summed E-state index contributed by atoms with van der Waals surface area (Å²) >= 11 is 0. The number of aryl methyl sites for hydroxylation is 1. The van der Waals surface area contributed by atoms with Crippen molar-refractivity contribution in [3.63, 3.8) is 0 Å². The number of alkyl halides is 5. The highest BCUT2D eigenvalue weighted by Crippen LogP contribution is 2.35. The summed E-state index contributed by atoms with van der Waals surface area (Å²) in [5.41, 5.74) is 0. The minimum Gasteiger partial charge on any atom is -0.471 e. The molecule has 0 atom stereocenters. The van der Waals surface area contributed by atoms with Crippen LogP contribution in [0.3, 0.4) is 0 Å². The van der Waals surface area contributed by atoms with Gasteiger partial charge in [-0.3, -0.25) is 0 Å². The Hall–Kier alpha value is -1.67. The average Bonchev–Trinajstić information content (AvgIpc) is 2.35. The van der Waals surface area contributed by atoms with E-state index < -0.39 is 18.7 Å². The molecule has 114 valence electrons. The highest BCUT2D eigenvalue weighted by atomic mass is 19.4. The molecule has 1 heterocycles. The molecule has 0 saturated carbocycles. The van der Waals surface area contributed by atoms with Crippen molar-refractivity contribution in [2.75, 3.05) is 18.5 Å². The van der Waals surface area contributed by atoms with Gasteiger partial charge in [-0.15, -0.1) is 0 Å². The van der Waals surface area contributed by atoms with Gasteiger partial charge < -0.3 is 10.1 Å². The fourth-order valence-electron chi connectivity index (χ4n) is 1.22. The Morgan fingerprint density at radius 3 is 2.30 bits per heavy atom. The van der Waals surface area contributed by atoms with Crippen molar-refractivity contribution in [2.45, 2.75) is 32.4 Å². The number of hydrogen-bond acceptors (Lipinski definition) is 4. The molecule has 0 saturated heterocycles. The summed E-state index contributed by atoms with van der Waals surface area (Å²) in [5, 5.41) is 2.81. The van der Waals surface area contributed by atoms with Crippen LogP contribution in [0.2, 0.25) is 0 Å². The first-order valence-corrected chi connectivity index (χ1v) is 5.88. The van der Waals surface area contributed by atoms with E-state index in [1.54, 1.807) is 13.8 Å². The zero-order valence-corrected chi connectivity index (χ0v) is 10.9. The maximum atomic E-state index is 12.7. The largest absolute Gasteiger partial charge is 0.471 e. The van der Waals surface area contributed by atoms with Crippen LogP contribution in [-0.4, -0.2) is 35.2 Å². The van der Waals surface area contributed by atoms with Crippen molar-refractivity contribution < 1.29 is 26.7 Å². The van der Waals surface area contributed by atoms with Gasteiger partial charge in [0.1, 0.15) is 11.6 Å². The molecule has 1 N–H and O–H groups in total. The first-order valence-electron chi connectivity index (χ1n) is 5.88. The van der Waals surface area contributed by atoms with Crippen molar-refractivity contribution >= 4 is 5.82 Å². The van der Waals surface area contributed by atoms with Crippen LogP contribution in [0.5, 0.6) is 5.88 Å². The summed E-state index contributed by atoms with van der Waals surface area (Å²) < 4.78 is 66.0. The van der Waals surface area contributed by atoms with Gasteiger partial charge in [0.05, 0.1) is 0 Å². The van der Waals surface area contributed by atoms with Gasteiger partial charge in [-0.2, -0.15) is 26.9 Å². The molecule has 0 amide bonds. The molecule has 0 fully saturated rings. The van der Waals surface area contributed by atoms with E-state index in [1.165, 1.54) is 6.07 Å². The molecule has 0 bridgehead atoms. The molecule has 0 spiro atoms. The zero-order chi connectivity index (χ0) is 15.4. The van der Waals surface area contributed by atoms with E-state index in [9.17, 15) is 22.0 Å². The van der Waals surface area contributed by atoms with Gasteiger partial charge in [0.25, 0.3) is 0 Å². The summed E-state index contributed by atoms with van der Waals surface area (Å²) in [6.07, 6.45) is -5.26. The minimum atomic E-state index is -5.65. The quantitative estimate of drug-likeness (QED) is 0.820.